The Morgan fingerprint density at radius 3 is 2.67 bits per heavy atom. The molecule has 21 heavy (non-hydrogen) atoms. The quantitative estimate of drug-likeness (QED) is 0.528. The largest absolute Gasteiger partial charge is 0.395 e. The molecule has 0 atom stereocenters. The first-order valence-electron chi connectivity index (χ1n) is 7.31. The van der Waals surface area contributed by atoms with Gasteiger partial charge >= 0.3 is 0 Å². The predicted molar refractivity (Wildman–Crippen MR) is 82.9 cm³/mol. The van der Waals surface area contributed by atoms with E-state index in [1.165, 1.54) is 0 Å². The van der Waals surface area contributed by atoms with Gasteiger partial charge in [-0.15, -0.1) is 5.10 Å². The highest BCUT2D eigenvalue weighted by atomic mass is 16.3. The van der Waals surface area contributed by atoms with Gasteiger partial charge in [-0.3, -0.25) is 10.3 Å². The Balaban J connectivity index is 2.26. The lowest BCUT2D eigenvalue weighted by Gasteiger charge is -2.25. The number of amidine groups is 1. The van der Waals surface area contributed by atoms with Gasteiger partial charge in [-0.2, -0.15) is 5.10 Å². The SMILES string of the molecule is Cc1nnc(N2CCCN(CCO)CC2)c(C(=N)N)c1C. The normalized spacial score (nSPS) is 16.8. The van der Waals surface area contributed by atoms with Gasteiger partial charge in [0.25, 0.3) is 0 Å². The van der Waals surface area contributed by atoms with Crippen LogP contribution in [0.2, 0.25) is 0 Å². The van der Waals surface area contributed by atoms with Crippen LogP contribution >= 0.6 is 0 Å². The fourth-order valence-corrected chi connectivity index (χ4v) is 2.69. The summed E-state index contributed by atoms with van der Waals surface area (Å²) in [6.45, 7) is 8.19. The molecule has 1 fully saturated rings. The van der Waals surface area contributed by atoms with Gasteiger partial charge < -0.3 is 15.7 Å². The van der Waals surface area contributed by atoms with Crippen LogP contribution < -0.4 is 10.6 Å². The third-order valence-corrected chi connectivity index (χ3v) is 4.01. The molecule has 0 aromatic carbocycles. The number of hydrogen-bond donors (Lipinski definition) is 3. The summed E-state index contributed by atoms with van der Waals surface area (Å²) in [7, 11) is 0. The van der Waals surface area contributed by atoms with E-state index in [9.17, 15) is 0 Å². The second-order valence-electron chi connectivity index (χ2n) is 5.43. The van der Waals surface area contributed by atoms with E-state index in [1.807, 2.05) is 13.8 Å². The number of aliphatic hydroxyl groups excluding tert-OH is 1. The van der Waals surface area contributed by atoms with Crippen molar-refractivity contribution in [1.82, 2.24) is 15.1 Å². The molecule has 1 aromatic heterocycles. The first-order valence-corrected chi connectivity index (χ1v) is 7.31. The van der Waals surface area contributed by atoms with Crippen molar-refractivity contribution >= 4 is 11.7 Å². The molecule has 1 saturated heterocycles. The zero-order valence-electron chi connectivity index (χ0n) is 12.8. The van der Waals surface area contributed by atoms with Gasteiger partial charge in [0.1, 0.15) is 5.84 Å². The Morgan fingerprint density at radius 2 is 2.00 bits per heavy atom. The molecule has 2 rings (SSSR count). The minimum absolute atomic E-state index is 0.0389. The van der Waals surface area contributed by atoms with Gasteiger partial charge in [-0.25, -0.2) is 0 Å². The standard InChI is InChI=1S/C14H24N6O/c1-10-11(2)17-18-14(12(10)13(15)16)20-5-3-4-19(6-7-20)8-9-21/h21H,3-9H2,1-2H3,(H3,15,16). The van der Waals surface area contributed by atoms with Crippen LogP contribution in [0.25, 0.3) is 0 Å². The molecule has 0 saturated carbocycles. The van der Waals surface area contributed by atoms with Crippen molar-refractivity contribution in [3.8, 4) is 0 Å². The van der Waals surface area contributed by atoms with Gasteiger partial charge in [-0.1, -0.05) is 0 Å². The molecule has 116 valence electrons. The maximum Gasteiger partial charge on any atom is 0.162 e. The minimum Gasteiger partial charge on any atom is -0.395 e. The molecule has 0 spiro atoms. The monoisotopic (exact) mass is 292 g/mol. The second kappa shape index (κ2) is 6.82. The maximum atomic E-state index is 9.05. The van der Waals surface area contributed by atoms with E-state index in [4.69, 9.17) is 16.2 Å². The number of aryl methyl sites for hydroxylation is 1. The summed E-state index contributed by atoms with van der Waals surface area (Å²) < 4.78 is 0. The highest BCUT2D eigenvalue weighted by molar-refractivity contribution is 6.01. The molecule has 4 N–H and O–H groups in total. The summed E-state index contributed by atoms with van der Waals surface area (Å²) >= 11 is 0. The average molecular weight is 292 g/mol. The summed E-state index contributed by atoms with van der Waals surface area (Å²) in [5.74, 6) is 0.744. The van der Waals surface area contributed by atoms with E-state index in [0.717, 1.165) is 43.9 Å². The zero-order chi connectivity index (χ0) is 15.4. The van der Waals surface area contributed by atoms with Gasteiger partial charge in [0, 0.05) is 26.2 Å². The van der Waals surface area contributed by atoms with Crippen LogP contribution in [0, 0.1) is 19.3 Å². The van der Waals surface area contributed by atoms with Crippen molar-refractivity contribution in [1.29, 1.82) is 5.41 Å². The topological polar surface area (TPSA) is 102 Å². The molecule has 2 heterocycles. The van der Waals surface area contributed by atoms with Gasteiger partial charge in [0.15, 0.2) is 5.82 Å². The highest BCUT2D eigenvalue weighted by Gasteiger charge is 2.22. The average Bonchev–Trinajstić information content (AvgIpc) is 2.67. The van der Waals surface area contributed by atoms with Crippen LogP contribution in [0.5, 0.6) is 0 Å². The van der Waals surface area contributed by atoms with Gasteiger partial charge in [0.05, 0.1) is 17.9 Å². The summed E-state index contributed by atoms with van der Waals surface area (Å²) in [4.78, 5) is 4.38. The molecule has 7 nitrogen and oxygen atoms in total. The zero-order valence-corrected chi connectivity index (χ0v) is 12.8. The number of nitrogen functional groups attached to an aromatic ring is 1. The predicted octanol–water partition coefficient (Wildman–Crippen LogP) is -0.118. The number of aromatic nitrogens is 2. The first-order chi connectivity index (χ1) is 10.0. The molecule has 0 radical (unpaired) electrons. The van der Waals surface area contributed by atoms with Crippen molar-refractivity contribution in [2.75, 3.05) is 44.2 Å². The third-order valence-electron chi connectivity index (χ3n) is 4.01. The van der Waals surface area contributed by atoms with E-state index in [1.54, 1.807) is 0 Å². The van der Waals surface area contributed by atoms with Gasteiger partial charge in [0.2, 0.25) is 0 Å². The number of nitrogens with zero attached hydrogens (tertiary/aromatic N) is 4. The number of aliphatic hydroxyl groups is 1. The molecule has 0 bridgehead atoms. The number of hydrogen-bond acceptors (Lipinski definition) is 6. The molecule has 1 aliphatic heterocycles. The smallest absolute Gasteiger partial charge is 0.162 e. The Kier molecular flexibility index (Phi) is 5.08. The Labute approximate surface area is 125 Å². The molecular formula is C14H24N6O. The lowest BCUT2D eigenvalue weighted by molar-refractivity contribution is 0.204. The molecule has 1 aromatic rings. The number of β-amino-alcohol motifs (C(OH)–C–C–N with tert-alkyl or cyclic N) is 1. The summed E-state index contributed by atoms with van der Waals surface area (Å²) in [6, 6.07) is 0. The fourth-order valence-electron chi connectivity index (χ4n) is 2.69. The van der Waals surface area contributed by atoms with Gasteiger partial charge in [-0.05, 0) is 32.4 Å². The van der Waals surface area contributed by atoms with E-state index in [2.05, 4.69) is 20.0 Å². The van der Waals surface area contributed by atoms with Crippen LogP contribution in [-0.2, 0) is 0 Å². The van der Waals surface area contributed by atoms with Crippen LogP contribution in [0.3, 0.4) is 0 Å². The van der Waals surface area contributed by atoms with Crippen LogP contribution in [0.15, 0.2) is 0 Å². The summed E-state index contributed by atoms with van der Waals surface area (Å²) in [5.41, 5.74) is 8.17. The van der Waals surface area contributed by atoms with E-state index >= 15 is 0 Å². The number of nitrogens with one attached hydrogen (secondary N) is 1. The molecule has 0 unspecified atom stereocenters. The van der Waals surface area contributed by atoms with Crippen LogP contribution in [-0.4, -0.2) is 65.4 Å². The fraction of sp³-hybridized carbons (Fsp3) is 0.643. The Hall–Kier alpha value is -1.73. The van der Waals surface area contributed by atoms with E-state index in [-0.39, 0.29) is 12.4 Å². The van der Waals surface area contributed by atoms with E-state index < -0.39 is 0 Å². The Morgan fingerprint density at radius 1 is 1.24 bits per heavy atom. The summed E-state index contributed by atoms with van der Waals surface area (Å²) in [5, 5.41) is 25.4. The molecule has 0 aliphatic carbocycles. The molecular weight excluding hydrogens is 268 g/mol. The van der Waals surface area contributed by atoms with E-state index in [0.29, 0.717) is 17.9 Å². The van der Waals surface area contributed by atoms with Crippen molar-refractivity contribution < 1.29 is 5.11 Å². The lowest BCUT2D eigenvalue weighted by Crippen LogP contribution is -2.34. The van der Waals surface area contributed by atoms with Crippen molar-refractivity contribution in [2.24, 2.45) is 5.73 Å². The van der Waals surface area contributed by atoms with Crippen LogP contribution in [0.4, 0.5) is 5.82 Å². The molecule has 1 aliphatic rings. The maximum absolute atomic E-state index is 9.05. The lowest BCUT2D eigenvalue weighted by atomic mass is 10.1. The minimum atomic E-state index is 0.0389. The second-order valence-corrected chi connectivity index (χ2v) is 5.43. The first kappa shape index (κ1) is 15.7. The molecule has 0 amide bonds. The van der Waals surface area contributed by atoms with Crippen molar-refractivity contribution in [2.45, 2.75) is 20.3 Å². The number of rotatable bonds is 4. The number of nitrogens with two attached hydrogens (primary N) is 1. The van der Waals surface area contributed by atoms with Crippen LogP contribution in [0.1, 0.15) is 23.2 Å². The van der Waals surface area contributed by atoms with Crippen molar-refractivity contribution in [3.05, 3.63) is 16.8 Å². The third kappa shape index (κ3) is 3.48. The highest BCUT2D eigenvalue weighted by Crippen LogP contribution is 2.22. The number of anilines is 1. The summed E-state index contributed by atoms with van der Waals surface area (Å²) in [6.07, 6.45) is 0.992. The molecule has 7 heteroatoms. The Bertz CT molecular complexity index is 518. The van der Waals surface area contributed by atoms with Crippen molar-refractivity contribution in [3.63, 3.8) is 0 Å².